The van der Waals surface area contributed by atoms with Gasteiger partial charge in [-0.25, -0.2) is 5.43 Å². The van der Waals surface area contributed by atoms with Crippen molar-refractivity contribution in [3.63, 3.8) is 0 Å². The Bertz CT molecular complexity index is 704. The lowest BCUT2D eigenvalue weighted by Gasteiger charge is -2.14. The van der Waals surface area contributed by atoms with Crippen LogP contribution in [0, 0.1) is 0 Å². The molecule has 0 saturated carbocycles. The molecule has 3 rings (SSSR count). The van der Waals surface area contributed by atoms with Crippen LogP contribution in [0.15, 0.2) is 39.9 Å². The average Bonchev–Trinajstić information content (AvgIpc) is 3.04. The van der Waals surface area contributed by atoms with Crippen LogP contribution in [0.3, 0.4) is 0 Å². The Morgan fingerprint density at radius 3 is 2.90 bits per heavy atom. The molecule has 2 amide bonds. The first-order valence-electron chi connectivity index (χ1n) is 6.09. The zero-order valence-electron chi connectivity index (χ0n) is 11.0. The van der Waals surface area contributed by atoms with Gasteiger partial charge in [0.2, 0.25) is 11.9 Å². The van der Waals surface area contributed by atoms with Crippen molar-refractivity contribution in [1.82, 2.24) is 26.9 Å². The quantitative estimate of drug-likeness (QED) is 0.609. The number of para-hydroxylation sites is 1. The topological polar surface area (TPSA) is 111 Å². The first-order chi connectivity index (χ1) is 10.1. The minimum Gasteiger partial charge on any atom is -0.451 e. The molecule has 1 aromatic heterocycles. The fourth-order valence-electron chi connectivity index (χ4n) is 1.79. The van der Waals surface area contributed by atoms with Crippen molar-refractivity contribution in [3.8, 4) is 0 Å². The zero-order chi connectivity index (χ0) is 14.8. The number of fused-ring (bicyclic) bond motifs is 1. The number of hydrazine groups is 3. The van der Waals surface area contributed by atoms with Crippen LogP contribution in [0.1, 0.15) is 17.5 Å². The van der Waals surface area contributed by atoms with E-state index in [0.717, 1.165) is 10.6 Å². The van der Waals surface area contributed by atoms with Crippen molar-refractivity contribution in [2.75, 3.05) is 0 Å². The Kier molecular flexibility index (Phi) is 3.16. The van der Waals surface area contributed by atoms with E-state index in [-0.39, 0.29) is 17.6 Å². The molecular formula is C12H12N6O3. The number of carbonyl (C=O) groups is 2. The predicted octanol–water partition coefficient (Wildman–Crippen LogP) is -0.191. The average molecular weight is 288 g/mol. The Hall–Kier alpha value is -3.07. The van der Waals surface area contributed by atoms with Gasteiger partial charge in [0.25, 0.3) is 5.91 Å². The van der Waals surface area contributed by atoms with Crippen LogP contribution < -0.4 is 21.7 Å². The molecule has 108 valence electrons. The number of guanidine groups is 1. The van der Waals surface area contributed by atoms with Crippen molar-refractivity contribution in [2.45, 2.75) is 6.92 Å². The number of nitrogens with one attached hydrogen (secondary N) is 4. The van der Waals surface area contributed by atoms with Crippen molar-refractivity contribution in [1.29, 1.82) is 0 Å². The van der Waals surface area contributed by atoms with E-state index in [0.29, 0.717) is 5.58 Å². The first-order valence-corrected chi connectivity index (χ1v) is 6.09. The normalized spacial score (nSPS) is 14.2. The molecule has 0 radical (unpaired) electrons. The molecule has 9 nitrogen and oxygen atoms in total. The number of furan rings is 1. The third kappa shape index (κ3) is 2.77. The molecule has 1 aliphatic rings. The SMILES string of the molecule is CC(=O)NN1NN=C(NC(=O)c2cc3ccccc3o2)N1. The highest BCUT2D eigenvalue weighted by atomic mass is 16.3. The van der Waals surface area contributed by atoms with Gasteiger partial charge in [0, 0.05) is 12.3 Å². The lowest BCUT2D eigenvalue weighted by molar-refractivity contribution is -0.125. The molecule has 2 heterocycles. The molecule has 0 spiro atoms. The maximum atomic E-state index is 12.0. The number of carbonyl (C=O) groups excluding carboxylic acids is 2. The van der Waals surface area contributed by atoms with Crippen molar-refractivity contribution >= 4 is 28.7 Å². The second-order valence-electron chi connectivity index (χ2n) is 4.28. The van der Waals surface area contributed by atoms with Gasteiger partial charge in [-0.05, 0) is 17.4 Å². The fourth-order valence-corrected chi connectivity index (χ4v) is 1.79. The number of rotatable bonds is 2. The Morgan fingerprint density at radius 1 is 1.33 bits per heavy atom. The third-order valence-electron chi connectivity index (χ3n) is 2.63. The third-order valence-corrected chi connectivity index (χ3v) is 2.63. The fraction of sp³-hybridized carbons (Fsp3) is 0.0833. The van der Waals surface area contributed by atoms with Gasteiger partial charge in [-0.15, -0.1) is 5.10 Å². The number of hydrazone groups is 1. The molecule has 0 aliphatic carbocycles. The van der Waals surface area contributed by atoms with Gasteiger partial charge in [-0.1, -0.05) is 18.2 Å². The summed E-state index contributed by atoms with van der Waals surface area (Å²) >= 11 is 0. The smallest absolute Gasteiger partial charge is 0.293 e. The lowest BCUT2D eigenvalue weighted by atomic mass is 10.2. The Labute approximate surface area is 118 Å². The van der Waals surface area contributed by atoms with Crippen LogP contribution in [0.4, 0.5) is 0 Å². The van der Waals surface area contributed by atoms with Gasteiger partial charge in [-0.3, -0.25) is 20.3 Å². The minimum atomic E-state index is -0.455. The summed E-state index contributed by atoms with van der Waals surface area (Å²) in [6.07, 6.45) is 0. The van der Waals surface area contributed by atoms with Crippen LogP contribution >= 0.6 is 0 Å². The molecule has 1 aromatic carbocycles. The summed E-state index contributed by atoms with van der Waals surface area (Å²) in [6, 6.07) is 8.94. The molecule has 4 N–H and O–H groups in total. The molecule has 1 aliphatic heterocycles. The number of nitrogens with zero attached hydrogens (tertiary/aromatic N) is 2. The summed E-state index contributed by atoms with van der Waals surface area (Å²) in [5.41, 5.74) is 8.09. The van der Waals surface area contributed by atoms with Gasteiger partial charge < -0.3 is 4.42 Å². The van der Waals surface area contributed by atoms with E-state index in [4.69, 9.17) is 4.42 Å². The van der Waals surface area contributed by atoms with Crippen LogP contribution in [-0.2, 0) is 4.79 Å². The largest absolute Gasteiger partial charge is 0.451 e. The van der Waals surface area contributed by atoms with E-state index >= 15 is 0 Å². The number of amides is 2. The summed E-state index contributed by atoms with van der Waals surface area (Å²) in [5, 5.41) is 8.24. The van der Waals surface area contributed by atoms with Crippen molar-refractivity contribution in [3.05, 3.63) is 36.1 Å². The molecule has 0 saturated heterocycles. The van der Waals surface area contributed by atoms with Crippen LogP contribution in [0.5, 0.6) is 0 Å². The highest BCUT2D eigenvalue weighted by Gasteiger charge is 2.19. The molecule has 21 heavy (non-hydrogen) atoms. The van der Waals surface area contributed by atoms with E-state index < -0.39 is 5.91 Å². The van der Waals surface area contributed by atoms with Gasteiger partial charge in [0.1, 0.15) is 5.58 Å². The lowest BCUT2D eigenvalue weighted by Crippen LogP contribution is -2.55. The molecule has 2 aromatic rings. The molecule has 9 heteroatoms. The standard InChI is InChI=1S/C12H12N6O3/c1-7(19)15-18-16-12(14-17-18)13-11(20)10-6-8-4-2-3-5-9(8)21-10/h2-6,17H,1H3,(H,15,19)(H2,13,14,16,20). The maximum Gasteiger partial charge on any atom is 0.293 e. The van der Waals surface area contributed by atoms with E-state index in [9.17, 15) is 9.59 Å². The summed E-state index contributed by atoms with van der Waals surface area (Å²) in [5.74, 6) is -0.452. The maximum absolute atomic E-state index is 12.0. The van der Waals surface area contributed by atoms with Crippen molar-refractivity contribution < 1.29 is 14.0 Å². The summed E-state index contributed by atoms with van der Waals surface area (Å²) in [4.78, 5) is 22.9. The van der Waals surface area contributed by atoms with E-state index in [1.54, 1.807) is 12.1 Å². The second kappa shape index (κ2) is 5.13. The Balaban J connectivity index is 1.65. The predicted molar refractivity (Wildman–Crippen MR) is 73.0 cm³/mol. The zero-order valence-corrected chi connectivity index (χ0v) is 11.0. The molecule has 0 bridgehead atoms. The van der Waals surface area contributed by atoms with Crippen LogP contribution in [0.25, 0.3) is 11.0 Å². The highest BCUT2D eigenvalue weighted by molar-refractivity contribution is 6.05. The van der Waals surface area contributed by atoms with Crippen LogP contribution in [-0.4, -0.2) is 23.0 Å². The van der Waals surface area contributed by atoms with Crippen molar-refractivity contribution in [2.24, 2.45) is 5.10 Å². The highest BCUT2D eigenvalue weighted by Crippen LogP contribution is 2.18. The van der Waals surface area contributed by atoms with Gasteiger partial charge in [0.15, 0.2) is 5.76 Å². The monoisotopic (exact) mass is 288 g/mol. The van der Waals surface area contributed by atoms with Gasteiger partial charge in [-0.2, -0.15) is 5.53 Å². The summed E-state index contributed by atoms with van der Waals surface area (Å²) in [7, 11) is 0. The van der Waals surface area contributed by atoms with Gasteiger partial charge >= 0.3 is 0 Å². The number of hydrogen-bond donors (Lipinski definition) is 4. The molecule has 0 unspecified atom stereocenters. The molecular weight excluding hydrogens is 276 g/mol. The van der Waals surface area contributed by atoms with E-state index in [1.165, 1.54) is 6.92 Å². The second-order valence-corrected chi connectivity index (χ2v) is 4.28. The van der Waals surface area contributed by atoms with Crippen LogP contribution in [0.2, 0.25) is 0 Å². The minimum absolute atomic E-state index is 0.134. The van der Waals surface area contributed by atoms with E-state index in [2.05, 4.69) is 26.8 Å². The van der Waals surface area contributed by atoms with E-state index in [1.807, 2.05) is 18.2 Å². The van der Waals surface area contributed by atoms with Gasteiger partial charge in [0.05, 0.1) is 0 Å². The molecule has 0 atom stereocenters. The number of hydrogen-bond acceptors (Lipinski definition) is 7. The summed E-state index contributed by atoms with van der Waals surface area (Å²) < 4.78 is 5.43. The number of benzene rings is 1. The summed E-state index contributed by atoms with van der Waals surface area (Å²) in [6.45, 7) is 1.34. The Morgan fingerprint density at radius 2 is 2.14 bits per heavy atom. The molecule has 0 fully saturated rings. The first kappa shape index (κ1) is 12.9.